The fourth-order valence-corrected chi connectivity index (χ4v) is 4.07. The van der Waals surface area contributed by atoms with Crippen LogP contribution in [0, 0.1) is 11.3 Å². The van der Waals surface area contributed by atoms with Crippen molar-refractivity contribution in [3.8, 4) is 0 Å². The molecule has 0 saturated heterocycles. The molecule has 0 amide bonds. The molecule has 2 aliphatic carbocycles. The molecule has 1 aromatic rings. The van der Waals surface area contributed by atoms with Crippen LogP contribution in [0.1, 0.15) is 50.5 Å². The molecule has 0 bridgehead atoms. The lowest BCUT2D eigenvalue weighted by Gasteiger charge is -2.37. The molecule has 2 aliphatic rings. The molecule has 3 rings (SSSR count). The van der Waals surface area contributed by atoms with Gasteiger partial charge in [-0.25, -0.2) is 0 Å². The van der Waals surface area contributed by atoms with Crippen molar-refractivity contribution in [1.29, 1.82) is 0 Å². The van der Waals surface area contributed by atoms with E-state index in [0.717, 1.165) is 12.8 Å². The summed E-state index contributed by atoms with van der Waals surface area (Å²) in [6.45, 7) is 2.33. The standard InChI is InChI=1S/C16H20O/c1-16-10-5-8-14(17)15(16)13(9-11-16)12-6-3-2-4-7-12/h2-4,6-7,13,15H,5,8-11H2,1H3/t13-,15+,16+/m1/s1. The van der Waals surface area contributed by atoms with Crippen LogP contribution < -0.4 is 0 Å². The van der Waals surface area contributed by atoms with Gasteiger partial charge in [-0.1, -0.05) is 37.3 Å². The van der Waals surface area contributed by atoms with E-state index in [9.17, 15) is 4.79 Å². The van der Waals surface area contributed by atoms with Gasteiger partial charge in [0, 0.05) is 12.3 Å². The molecule has 2 fully saturated rings. The second kappa shape index (κ2) is 3.97. The largest absolute Gasteiger partial charge is 0.299 e. The van der Waals surface area contributed by atoms with Gasteiger partial charge in [0.15, 0.2) is 0 Å². The molecule has 0 N–H and O–H groups in total. The van der Waals surface area contributed by atoms with E-state index in [1.165, 1.54) is 24.8 Å². The lowest BCUT2D eigenvalue weighted by atomic mass is 9.66. The molecule has 1 heteroatoms. The van der Waals surface area contributed by atoms with Crippen LogP contribution in [0.15, 0.2) is 30.3 Å². The normalized spacial score (nSPS) is 36.9. The van der Waals surface area contributed by atoms with Gasteiger partial charge in [-0.15, -0.1) is 0 Å². The maximum atomic E-state index is 12.3. The predicted molar refractivity (Wildman–Crippen MR) is 68.9 cm³/mol. The van der Waals surface area contributed by atoms with Crippen molar-refractivity contribution in [1.82, 2.24) is 0 Å². The SMILES string of the molecule is C[C@@]12CCCC(=O)[C@@H]1[C@@H](c1ccccc1)CC2. The van der Waals surface area contributed by atoms with Gasteiger partial charge in [-0.05, 0) is 42.6 Å². The van der Waals surface area contributed by atoms with Crippen LogP contribution in [-0.4, -0.2) is 5.78 Å². The molecule has 0 aliphatic heterocycles. The lowest BCUT2D eigenvalue weighted by Crippen LogP contribution is -2.35. The van der Waals surface area contributed by atoms with Gasteiger partial charge in [-0.3, -0.25) is 4.79 Å². The number of benzene rings is 1. The summed E-state index contributed by atoms with van der Waals surface area (Å²) >= 11 is 0. The first kappa shape index (κ1) is 11.0. The Balaban J connectivity index is 1.95. The zero-order chi connectivity index (χ0) is 11.9. The van der Waals surface area contributed by atoms with Crippen molar-refractivity contribution in [3.63, 3.8) is 0 Å². The zero-order valence-corrected chi connectivity index (χ0v) is 10.5. The molecule has 2 saturated carbocycles. The smallest absolute Gasteiger partial charge is 0.137 e. The first-order valence-corrected chi connectivity index (χ1v) is 6.78. The molecule has 17 heavy (non-hydrogen) atoms. The topological polar surface area (TPSA) is 17.1 Å². The van der Waals surface area contributed by atoms with Crippen LogP contribution in [-0.2, 0) is 4.79 Å². The molecular weight excluding hydrogens is 208 g/mol. The first-order chi connectivity index (χ1) is 8.21. The maximum absolute atomic E-state index is 12.3. The van der Waals surface area contributed by atoms with Gasteiger partial charge < -0.3 is 0 Å². The summed E-state index contributed by atoms with van der Waals surface area (Å²) in [5, 5.41) is 0. The van der Waals surface area contributed by atoms with Crippen molar-refractivity contribution in [3.05, 3.63) is 35.9 Å². The van der Waals surface area contributed by atoms with Crippen molar-refractivity contribution in [2.75, 3.05) is 0 Å². The van der Waals surface area contributed by atoms with E-state index < -0.39 is 0 Å². The Hall–Kier alpha value is -1.11. The fourth-order valence-electron chi connectivity index (χ4n) is 4.07. The number of carbonyl (C=O) groups is 1. The Bertz CT molecular complexity index is 422. The molecule has 0 unspecified atom stereocenters. The van der Waals surface area contributed by atoms with Gasteiger partial charge in [-0.2, -0.15) is 0 Å². The molecule has 0 aromatic heterocycles. The summed E-state index contributed by atoms with van der Waals surface area (Å²) in [7, 11) is 0. The van der Waals surface area contributed by atoms with Crippen molar-refractivity contribution in [2.24, 2.45) is 11.3 Å². The Kier molecular flexibility index (Phi) is 2.57. The quantitative estimate of drug-likeness (QED) is 0.711. The van der Waals surface area contributed by atoms with Crippen molar-refractivity contribution in [2.45, 2.75) is 44.9 Å². The van der Waals surface area contributed by atoms with E-state index in [1.54, 1.807) is 0 Å². The van der Waals surface area contributed by atoms with Crippen molar-refractivity contribution >= 4 is 5.78 Å². The molecule has 1 aromatic carbocycles. The summed E-state index contributed by atoms with van der Waals surface area (Å²) < 4.78 is 0. The molecule has 1 nitrogen and oxygen atoms in total. The third-order valence-corrected chi connectivity index (χ3v) is 4.93. The maximum Gasteiger partial charge on any atom is 0.137 e. The van der Waals surface area contributed by atoms with Gasteiger partial charge in [0.05, 0.1) is 0 Å². The number of hydrogen-bond donors (Lipinski definition) is 0. The highest BCUT2D eigenvalue weighted by Crippen LogP contribution is 2.56. The van der Waals surface area contributed by atoms with E-state index in [1.807, 2.05) is 0 Å². The third kappa shape index (κ3) is 1.72. The second-order valence-electron chi connectivity index (χ2n) is 6.01. The molecule has 0 radical (unpaired) electrons. The Morgan fingerprint density at radius 3 is 2.71 bits per heavy atom. The van der Waals surface area contributed by atoms with Crippen LogP contribution in [0.25, 0.3) is 0 Å². The van der Waals surface area contributed by atoms with Crippen LogP contribution >= 0.6 is 0 Å². The van der Waals surface area contributed by atoms with Crippen LogP contribution in [0.4, 0.5) is 0 Å². The molecule has 0 spiro atoms. The predicted octanol–water partition coefficient (Wildman–Crippen LogP) is 3.94. The van der Waals surface area contributed by atoms with E-state index >= 15 is 0 Å². The summed E-state index contributed by atoms with van der Waals surface area (Å²) in [5.74, 6) is 1.29. The van der Waals surface area contributed by atoms with Gasteiger partial charge in [0.25, 0.3) is 0 Å². The Labute approximate surface area is 103 Å². The van der Waals surface area contributed by atoms with Gasteiger partial charge in [0.2, 0.25) is 0 Å². The number of Topliss-reactive ketones (excluding diaryl/α,β-unsaturated/α-hetero) is 1. The number of hydrogen-bond acceptors (Lipinski definition) is 1. The summed E-state index contributed by atoms with van der Waals surface area (Å²) in [6.07, 6.45) is 5.57. The Morgan fingerprint density at radius 1 is 1.18 bits per heavy atom. The van der Waals surface area contributed by atoms with Crippen molar-refractivity contribution < 1.29 is 4.79 Å². The summed E-state index contributed by atoms with van der Waals surface area (Å²) in [4.78, 5) is 12.3. The number of ketones is 1. The lowest BCUT2D eigenvalue weighted by molar-refractivity contribution is -0.129. The van der Waals surface area contributed by atoms with E-state index in [2.05, 4.69) is 37.3 Å². The summed E-state index contributed by atoms with van der Waals surface area (Å²) in [6, 6.07) is 10.6. The van der Waals surface area contributed by atoms with E-state index in [-0.39, 0.29) is 5.41 Å². The van der Waals surface area contributed by atoms with Gasteiger partial charge in [0.1, 0.15) is 5.78 Å². The molecule has 0 heterocycles. The minimum Gasteiger partial charge on any atom is -0.299 e. The fraction of sp³-hybridized carbons (Fsp3) is 0.562. The van der Waals surface area contributed by atoms with Gasteiger partial charge >= 0.3 is 0 Å². The van der Waals surface area contributed by atoms with Crippen LogP contribution in [0.3, 0.4) is 0 Å². The zero-order valence-electron chi connectivity index (χ0n) is 10.5. The van der Waals surface area contributed by atoms with Crippen LogP contribution in [0.5, 0.6) is 0 Å². The number of rotatable bonds is 1. The first-order valence-electron chi connectivity index (χ1n) is 6.78. The molecule has 90 valence electrons. The molecular formula is C16H20O. The molecule has 3 atom stereocenters. The minimum absolute atomic E-state index is 0.288. The Morgan fingerprint density at radius 2 is 1.94 bits per heavy atom. The minimum atomic E-state index is 0.288. The average Bonchev–Trinajstić information content (AvgIpc) is 2.69. The second-order valence-corrected chi connectivity index (χ2v) is 6.01. The van der Waals surface area contributed by atoms with Crippen LogP contribution in [0.2, 0.25) is 0 Å². The van der Waals surface area contributed by atoms with E-state index in [0.29, 0.717) is 17.6 Å². The highest BCUT2D eigenvalue weighted by molar-refractivity contribution is 5.84. The summed E-state index contributed by atoms with van der Waals surface area (Å²) in [5.41, 5.74) is 1.66. The third-order valence-electron chi connectivity index (χ3n) is 4.93. The van der Waals surface area contributed by atoms with E-state index in [4.69, 9.17) is 0 Å². The number of carbonyl (C=O) groups excluding carboxylic acids is 1. The highest BCUT2D eigenvalue weighted by Gasteiger charge is 2.50. The highest BCUT2D eigenvalue weighted by atomic mass is 16.1. The monoisotopic (exact) mass is 228 g/mol. The average molecular weight is 228 g/mol. The number of fused-ring (bicyclic) bond motifs is 1.